The summed E-state index contributed by atoms with van der Waals surface area (Å²) in [7, 11) is 0. The molecule has 2 rings (SSSR count). The zero-order chi connectivity index (χ0) is 12.3. The van der Waals surface area contributed by atoms with Crippen molar-refractivity contribution in [3.63, 3.8) is 0 Å². The van der Waals surface area contributed by atoms with Crippen LogP contribution in [-0.4, -0.2) is 11.1 Å². The van der Waals surface area contributed by atoms with Crippen LogP contribution in [-0.2, 0) is 11.3 Å². The number of nitrogens with two attached hydrogens (primary N) is 1. The van der Waals surface area contributed by atoms with Gasteiger partial charge in [0, 0.05) is 6.20 Å². The molecule has 0 amide bonds. The Labute approximate surface area is 103 Å². The van der Waals surface area contributed by atoms with E-state index < -0.39 is 0 Å². The van der Waals surface area contributed by atoms with E-state index in [1.54, 1.807) is 6.20 Å². The van der Waals surface area contributed by atoms with E-state index in [-0.39, 0.29) is 0 Å². The standard InChI is InChI=1S/C14H22N2O/c1-10-5-11(2)7-13(6-10)17-9-12-3-4-14(15)16-8-12/h3-4,8,10-11,13H,5-7,9H2,1-2H3,(H2,15,16). The van der Waals surface area contributed by atoms with Gasteiger partial charge in [-0.15, -0.1) is 0 Å². The monoisotopic (exact) mass is 234 g/mol. The Morgan fingerprint density at radius 1 is 1.24 bits per heavy atom. The highest BCUT2D eigenvalue weighted by molar-refractivity contribution is 5.28. The summed E-state index contributed by atoms with van der Waals surface area (Å²) >= 11 is 0. The van der Waals surface area contributed by atoms with Gasteiger partial charge in [0.15, 0.2) is 0 Å². The summed E-state index contributed by atoms with van der Waals surface area (Å²) in [6, 6.07) is 3.81. The third-order valence-corrected chi connectivity index (χ3v) is 3.47. The molecule has 0 radical (unpaired) electrons. The van der Waals surface area contributed by atoms with E-state index in [9.17, 15) is 0 Å². The number of rotatable bonds is 3. The molecule has 1 aromatic rings. The van der Waals surface area contributed by atoms with Crippen molar-refractivity contribution in [2.24, 2.45) is 11.8 Å². The second-order valence-corrected chi connectivity index (χ2v) is 5.44. The van der Waals surface area contributed by atoms with Gasteiger partial charge in [-0.2, -0.15) is 0 Å². The molecule has 2 atom stereocenters. The zero-order valence-electron chi connectivity index (χ0n) is 10.7. The number of hydrogen-bond acceptors (Lipinski definition) is 3. The van der Waals surface area contributed by atoms with Crippen molar-refractivity contribution in [3.8, 4) is 0 Å². The van der Waals surface area contributed by atoms with E-state index in [0.717, 1.165) is 17.4 Å². The highest BCUT2D eigenvalue weighted by atomic mass is 16.5. The summed E-state index contributed by atoms with van der Waals surface area (Å²) in [5, 5.41) is 0. The van der Waals surface area contributed by atoms with Crippen LogP contribution in [0.3, 0.4) is 0 Å². The fraction of sp³-hybridized carbons (Fsp3) is 0.643. The van der Waals surface area contributed by atoms with Crippen molar-refractivity contribution < 1.29 is 4.74 Å². The van der Waals surface area contributed by atoms with Crippen LogP contribution in [0, 0.1) is 11.8 Å². The summed E-state index contributed by atoms with van der Waals surface area (Å²) in [6.45, 7) is 5.28. The Bertz CT molecular complexity index is 340. The summed E-state index contributed by atoms with van der Waals surface area (Å²) in [5.41, 5.74) is 6.65. The quantitative estimate of drug-likeness (QED) is 0.874. The van der Waals surface area contributed by atoms with Gasteiger partial charge in [-0.3, -0.25) is 0 Å². The van der Waals surface area contributed by atoms with Crippen molar-refractivity contribution in [1.82, 2.24) is 4.98 Å². The van der Waals surface area contributed by atoms with Gasteiger partial charge in [0.25, 0.3) is 0 Å². The molecule has 0 bridgehead atoms. The predicted molar refractivity (Wildman–Crippen MR) is 69.4 cm³/mol. The first-order valence-electron chi connectivity index (χ1n) is 6.45. The van der Waals surface area contributed by atoms with Crippen LogP contribution in [0.1, 0.15) is 38.7 Å². The number of nitrogen functional groups attached to an aromatic ring is 1. The Balaban J connectivity index is 1.83. The summed E-state index contributed by atoms with van der Waals surface area (Å²) < 4.78 is 5.97. The highest BCUT2D eigenvalue weighted by Gasteiger charge is 2.24. The van der Waals surface area contributed by atoms with Crippen LogP contribution in [0.15, 0.2) is 18.3 Å². The Hall–Kier alpha value is -1.09. The zero-order valence-corrected chi connectivity index (χ0v) is 10.7. The van der Waals surface area contributed by atoms with Crippen LogP contribution >= 0.6 is 0 Å². The van der Waals surface area contributed by atoms with Crippen LogP contribution in [0.2, 0.25) is 0 Å². The van der Waals surface area contributed by atoms with E-state index in [0.29, 0.717) is 18.5 Å². The number of anilines is 1. The molecule has 94 valence electrons. The first-order chi connectivity index (χ1) is 8.13. The topological polar surface area (TPSA) is 48.1 Å². The van der Waals surface area contributed by atoms with Gasteiger partial charge >= 0.3 is 0 Å². The Morgan fingerprint density at radius 2 is 1.94 bits per heavy atom. The molecule has 1 fully saturated rings. The van der Waals surface area contributed by atoms with Crippen molar-refractivity contribution in [1.29, 1.82) is 0 Å². The van der Waals surface area contributed by atoms with Crippen LogP contribution < -0.4 is 5.73 Å². The molecule has 1 aliphatic rings. The maximum Gasteiger partial charge on any atom is 0.123 e. The molecular formula is C14H22N2O. The lowest BCUT2D eigenvalue weighted by Crippen LogP contribution is -2.26. The average Bonchev–Trinajstić information content (AvgIpc) is 2.27. The lowest BCUT2D eigenvalue weighted by molar-refractivity contribution is -0.00924. The molecule has 3 heteroatoms. The molecule has 17 heavy (non-hydrogen) atoms. The van der Waals surface area contributed by atoms with E-state index in [1.807, 2.05) is 12.1 Å². The normalized spacial score (nSPS) is 29.2. The predicted octanol–water partition coefficient (Wildman–Crippen LogP) is 3.01. The molecule has 0 spiro atoms. The minimum Gasteiger partial charge on any atom is -0.384 e. The van der Waals surface area contributed by atoms with Gasteiger partial charge < -0.3 is 10.5 Å². The molecule has 0 aliphatic heterocycles. The van der Waals surface area contributed by atoms with Crippen molar-refractivity contribution in [2.45, 2.75) is 45.8 Å². The van der Waals surface area contributed by atoms with Crippen LogP contribution in [0.25, 0.3) is 0 Å². The smallest absolute Gasteiger partial charge is 0.123 e. The lowest BCUT2D eigenvalue weighted by atomic mass is 9.82. The number of nitrogens with zero attached hydrogens (tertiary/aromatic N) is 1. The average molecular weight is 234 g/mol. The van der Waals surface area contributed by atoms with E-state index in [1.165, 1.54) is 19.3 Å². The number of pyridine rings is 1. The highest BCUT2D eigenvalue weighted by Crippen LogP contribution is 2.30. The molecular weight excluding hydrogens is 212 g/mol. The molecule has 1 aliphatic carbocycles. The second kappa shape index (κ2) is 5.50. The third kappa shape index (κ3) is 3.70. The minimum atomic E-state index is 0.409. The Morgan fingerprint density at radius 3 is 2.53 bits per heavy atom. The summed E-state index contributed by atoms with van der Waals surface area (Å²) in [5.74, 6) is 2.13. The van der Waals surface area contributed by atoms with Crippen molar-refractivity contribution >= 4 is 5.82 Å². The van der Waals surface area contributed by atoms with Crippen molar-refractivity contribution in [3.05, 3.63) is 23.9 Å². The molecule has 0 saturated heterocycles. The van der Waals surface area contributed by atoms with Crippen LogP contribution in [0.5, 0.6) is 0 Å². The van der Waals surface area contributed by atoms with E-state index in [4.69, 9.17) is 10.5 Å². The Kier molecular flexibility index (Phi) is 4.00. The van der Waals surface area contributed by atoms with Gasteiger partial charge in [-0.1, -0.05) is 19.9 Å². The second-order valence-electron chi connectivity index (χ2n) is 5.44. The molecule has 1 aromatic heterocycles. The summed E-state index contributed by atoms with van der Waals surface area (Å²) in [4.78, 5) is 4.07. The van der Waals surface area contributed by atoms with E-state index >= 15 is 0 Å². The van der Waals surface area contributed by atoms with Gasteiger partial charge in [-0.05, 0) is 42.7 Å². The summed E-state index contributed by atoms with van der Waals surface area (Å²) in [6.07, 6.45) is 5.92. The molecule has 0 aromatic carbocycles. The molecule has 1 saturated carbocycles. The fourth-order valence-electron chi connectivity index (χ4n) is 2.74. The SMILES string of the molecule is CC1CC(C)CC(OCc2ccc(N)nc2)C1. The van der Waals surface area contributed by atoms with Gasteiger partial charge in [0.05, 0.1) is 12.7 Å². The largest absolute Gasteiger partial charge is 0.384 e. The molecule has 2 N–H and O–H groups in total. The third-order valence-electron chi connectivity index (χ3n) is 3.47. The molecule has 1 heterocycles. The molecule has 3 nitrogen and oxygen atoms in total. The number of ether oxygens (including phenoxy) is 1. The van der Waals surface area contributed by atoms with Crippen LogP contribution in [0.4, 0.5) is 5.82 Å². The maximum atomic E-state index is 5.97. The van der Waals surface area contributed by atoms with Gasteiger partial charge in [0.1, 0.15) is 5.82 Å². The first-order valence-corrected chi connectivity index (χ1v) is 6.45. The number of hydrogen-bond donors (Lipinski definition) is 1. The maximum absolute atomic E-state index is 5.97. The lowest BCUT2D eigenvalue weighted by Gasteiger charge is -2.31. The van der Waals surface area contributed by atoms with E-state index in [2.05, 4.69) is 18.8 Å². The molecule has 2 unspecified atom stereocenters. The fourth-order valence-corrected chi connectivity index (χ4v) is 2.74. The minimum absolute atomic E-state index is 0.409. The number of aromatic nitrogens is 1. The first kappa shape index (κ1) is 12.4. The van der Waals surface area contributed by atoms with Gasteiger partial charge in [-0.25, -0.2) is 4.98 Å². The van der Waals surface area contributed by atoms with Crippen molar-refractivity contribution in [2.75, 3.05) is 5.73 Å². The van der Waals surface area contributed by atoms with Gasteiger partial charge in [0.2, 0.25) is 0 Å².